The van der Waals surface area contributed by atoms with Crippen molar-refractivity contribution in [3.63, 3.8) is 0 Å². The number of rotatable bonds is 7. The zero-order chi connectivity index (χ0) is 18.6. The van der Waals surface area contributed by atoms with Crippen LogP contribution < -0.4 is 15.2 Å². The molecule has 7 heteroatoms. The van der Waals surface area contributed by atoms with Crippen molar-refractivity contribution in [2.45, 2.75) is 37.8 Å². The summed E-state index contributed by atoms with van der Waals surface area (Å²) < 4.78 is 33.3. The van der Waals surface area contributed by atoms with Crippen LogP contribution in [0.5, 0.6) is 5.75 Å². The molecule has 1 amide bonds. The fraction of sp³-hybridized carbons (Fsp3) is 0.278. The van der Waals surface area contributed by atoms with Crippen LogP contribution in [-0.4, -0.2) is 20.4 Å². The molecule has 0 radical (unpaired) electrons. The summed E-state index contributed by atoms with van der Waals surface area (Å²) in [6.45, 7) is 5.55. The molecule has 134 valence electrons. The molecule has 2 rings (SSSR count). The second kappa shape index (κ2) is 7.67. The second-order valence-electron chi connectivity index (χ2n) is 5.96. The Morgan fingerprint density at radius 1 is 1.12 bits per heavy atom. The maximum absolute atomic E-state index is 12.6. The third-order valence-corrected chi connectivity index (χ3v) is 4.93. The molecule has 0 aromatic heterocycles. The fourth-order valence-corrected chi connectivity index (χ4v) is 3.61. The van der Waals surface area contributed by atoms with Gasteiger partial charge < -0.3 is 10.5 Å². The Bertz CT molecular complexity index is 849. The Hall–Kier alpha value is -2.38. The predicted octanol–water partition coefficient (Wildman–Crippen LogP) is 2.29. The summed E-state index contributed by atoms with van der Waals surface area (Å²) in [5.41, 5.74) is 6.55. The summed E-state index contributed by atoms with van der Waals surface area (Å²) in [5.74, 6) is -0.158. The van der Waals surface area contributed by atoms with E-state index in [-0.39, 0.29) is 11.0 Å². The van der Waals surface area contributed by atoms with Crippen LogP contribution in [0.1, 0.15) is 31.0 Å². The van der Waals surface area contributed by atoms with E-state index in [0.717, 1.165) is 0 Å². The summed E-state index contributed by atoms with van der Waals surface area (Å²) >= 11 is 0. The van der Waals surface area contributed by atoms with Gasteiger partial charge in [-0.2, -0.15) is 4.72 Å². The summed E-state index contributed by atoms with van der Waals surface area (Å²) in [7, 11) is -3.93. The monoisotopic (exact) mass is 362 g/mol. The van der Waals surface area contributed by atoms with E-state index in [0.29, 0.717) is 16.9 Å². The third-order valence-electron chi connectivity index (χ3n) is 3.51. The first-order valence-electron chi connectivity index (χ1n) is 7.84. The zero-order valence-electron chi connectivity index (χ0n) is 14.4. The van der Waals surface area contributed by atoms with Crippen molar-refractivity contribution in [2.24, 2.45) is 5.73 Å². The van der Waals surface area contributed by atoms with Crippen molar-refractivity contribution in [1.29, 1.82) is 0 Å². The number of primary amides is 1. The van der Waals surface area contributed by atoms with Gasteiger partial charge in [0.15, 0.2) is 0 Å². The van der Waals surface area contributed by atoms with Crippen molar-refractivity contribution in [3.05, 3.63) is 59.7 Å². The number of amides is 1. The zero-order valence-corrected chi connectivity index (χ0v) is 15.2. The van der Waals surface area contributed by atoms with Gasteiger partial charge in [-0.3, -0.25) is 4.79 Å². The van der Waals surface area contributed by atoms with Gasteiger partial charge >= 0.3 is 0 Å². The first kappa shape index (κ1) is 19.0. The minimum atomic E-state index is -3.93. The van der Waals surface area contributed by atoms with Crippen LogP contribution in [0, 0.1) is 6.92 Å². The van der Waals surface area contributed by atoms with Gasteiger partial charge in [0.05, 0.1) is 11.0 Å². The SMILES string of the molecule is Cc1cc(S(=O)(=O)NC(C(N)=O)c2ccccc2)ccc1OC(C)C. The number of benzene rings is 2. The van der Waals surface area contributed by atoms with E-state index in [1.165, 1.54) is 12.1 Å². The number of hydrogen-bond acceptors (Lipinski definition) is 4. The number of carbonyl (C=O) groups excluding carboxylic acids is 1. The maximum atomic E-state index is 12.6. The summed E-state index contributed by atoms with van der Waals surface area (Å²) in [4.78, 5) is 11.8. The highest BCUT2D eigenvalue weighted by molar-refractivity contribution is 7.89. The Morgan fingerprint density at radius 2 is 1.76 bits per heavy atom. The van der Waals surface area contributed by atoms with Gasteiger partial charge in [0.25, 0.3) is 0 Å². The van der Waals surface area contributed by atoms with E-state index in [4.69, 9.17) is 10.5 Å². The standard InChI is InChI=1S/C18H22N2O4S/c1-12(2)24-16-10-9-15(11-13(16)3)25(22,23)20-17(18(19)21)14-7-5-4-6-8-14/h4-12,17,20H,1-3H3,(H2,19,21). The topological polar surface area (TPSA) is 98.5 Å². The van der Waals surface area contributed by atoms with Gasteiger partial charge in [-0.05, 0) is 50.1 Å². The number of hydrogen-bond donors (Lipinski definition) is 2. The first-order chi connectivity index (χ1) is 11.7. The van der Waals surface area contributed by atoms with Crippen LogP contribution in [0.15, 0.2) is 53.4 Å². The highest BCUT2D eigenvalue weighted by Gasteiger charge is 2.25. The normalized spacial score (nSPS) is 12.8. The third kappa shape index (κ3) is 4.80. The number of carbonyl (C=O) groups is 1. The van der Waals surface area contributed by atoms with Gasteiger partial charge in [0, 0.05) is 0 Å². The lowest BCUT2D eigenvalue weighted by atomic mass is 10.1. The molecule has 0 aliphatic heterocycles. The molecule has 0 aliphatic rings. The number of ether oxygens (including phenoxy) is 1. The van der Waals surface area contributed by atoms with Crippen LogP contribution in [-0.2, 0) is 14.8 Å². The number of aryl methyl sites for hydroxylation is 1. The molecular weight excluding hydrogens is 340 g/mol. The summed E-state index contributed by atoms with van der Waals surface area (Å²) in [6, 6.07) is 11.9. The van der Waals surface area contributed by atoms with Crippen molar-refractivity contribution < 1.29 is 17.9 Å². The van der Waals surface area contributed by atoms with Gasteiger partial charge in [0.1, 0.15) is 11.8 Å². The highest BCUT2D eigenvalue weighted by Crippen LogP contribution is 2.24. The van der Waals surface area contributed by atoms with Crippen molar-refractivity contribution in [2.75, 3.05) is 0 Å². The average Bonchev–Trinajstić information content (AvgIpc) is 2.54. The van der Waals surface area contributed by atoms with Gasteiger partial charge in [-0.15, -0.1) is 0 Å². The maximum Gasteiger partial charge on any atom is 0.241 e. The van der Waals surface area contributed by atoms with Crippen molar-refractivity contribution in [3.8, 4) is 5.75 Å². The first-order valence-corrected chi connectivity index (χ1v) is 9.33. The quantitative estimate of drug-likeness (QED) is 0.789. The Morgan fingerprint density at radius 3 is 2.28 bits per heavy atom. The molecule has 0 fully saturated rings. The Kier molecular flexibility index (Phi) is 5.81. The average molecular weight is 362 g/mol. The van der Waals surface area contributed by atoms with E-state index < -0.39 is 22.0 Å². The van der Waals surface area contributed by atoms with Crippen molar-refractivity contribution in [1.82, 2.24) is 4.72 Å². The van der Waals surface area contributed by atoms with Crippen LogP contribution in [0.4, 0.5) is 0 Å². The molecule has 1 atom stereocenters. The fourth-order valence-electron chi connectivity index (χ4n) is 2.33. The van der Waals surface area contributed by atoms with Crippen LogP contribution in [0.25, 0.3) is 0 Å². The molecule has 2 aromatic carbocycles. The molecule has 3 N–H and O–H groups in total. The van der Waals surface area contributed by atoms with Crippen molar-refractivity contribution >= 4 is 15.9 Å². The van der Waals surface area contributed by atoms with E-state index in [9.17, 15) is 13.2 Å². The molecule has 2 aromatic rings. The largest absolute Gasteiger partial charge is 0.491 e. The van der Waals surface area contributed by atoms with Crippen LogP contribution in [0.3, 0.4) is 0 Å². The van der Waals surface area contributed by atoms with Crippen LogP contribution >= 0.6 is 0 Å². The molecule has 25 heavy (non-hydrogen) atoms. The minimum Gasteiger partial charge on any atom is -0.491 e. The summed E-state index contributed by atoms with van der Waals surface area (Å²) in [5, 5.41) is 0. The lowest BCUT2D eigenvalue weighted by molar-refractivity contribution is -0.119. The van der Waals surface area contributed by atoms with Gasteiger partial charge in [-0.1, -0.05) is 30.3 Å². The van der Waals surface area contributed by atoms with E-state index >= 15 is 0 Å². The molecule has 6 nitrogen and oxygen atoms in total. The molecule has 0 spiro atoms. The van der Waals surface area contributed by atoms with Gasteiger partial charge in [-0.25, -0.2) is 8.42 Å². The molecule has 0 saturated heterocycles. The predicted molar refractivity (Wildman–Crippen MR) is 95.6 cm³/mol. The molecule has 0 bridgehead atoms. The number of sulfonamides is 1. The van der Waals surface area contributed by atoms with E-state index in [2.05, 4.69) is 4.72 Å². The van der Waals surface area contributed by atoms with E-state index in [1.807, 2.05) is 13.8 Å². The Balaban J connectivity index is 2.31. The molecule has 0 saturated carbocycles. The lowest BCUT2D eigenvalue weighted by Gasteiger charge is -2.17. The summed E-state index contributed by atoms with van der Waals surface area (Å²) in [6.07, 6.45) is -0.0170. The second-order valence-corrected chi connectivity index (χ2v) is 7.68. The number of nitrogens with one attached hydrogen (secondary N) is 1. The molecular formula is C18H22N2O4S. The molecule has 1 unspecified atom stereocenters. The highest BCUT2D eigenvalue weighted by atomic mass is 32.2. The van der Waals surface area contributed by atoms with Crippen LogP contribution in [0.2, 0.25) is 0 Å². The van der Waals surface area contributed by atoms with Gasteiger partial charge in [0.2, 0.25) is 15.9 Å². The smallest absolute Gasteiger partial charge is 0.241 e. The lowest BCUT2D eigenvalue weighted by Crippen LogP contribution is -2.37. The van der Waals surface area contributed by atoms with E-state index in [1.54, 1.807) is 43.3 Å². The molecule has 0 heterocycles. The minimum absolute atomic E-state index is 0.0170. The molecule has 0 aliphatic carbocycles. The Labute approximate surface area is 148 Å². The number of nitrogens with two attached hydrogens (primary N) is 1.